The molecule has 0 aliphatic carbocycles. The second-order valence-corrected chi connectivity index (χ2v) is 7.49. The molecule has 0 aliphatic heterocycles. The Morgan fingerprint density at radius 1 is 0.778 bits per heavy atom. The van der Waals surface area contributed by atoms with Gasteiger partial charge < -0.3 is 0 Å². The third-order valence-corrected chi connectivity index (χ3v) is 5.53. The predicted octanol–water partition coefficient (Wildman–Crippen LogP) is 5.33. The SMILES string of the molecule is Cc1ccc(C(c2ccccc2)C(C)(C(=O)c2ccccc2)N(C)C)cc1. The first-order chi connectivity index (χ1) is 12.9. The molecule has 138 valence electrons. The topological polar surface area (TPSA) is 20.3 Å². The number of benzene rings is 3. The van der Waals surface area contributed by atoms with Crippen molar-refractivity contribution in [3.8, 4) is 0 Å². The first-order valence-corrected chi connectivity index (χ1v) is 9.33. The average molecular weight is 357 g/mol. The normalized spacial score (nSPS) is 14.6. The predicted molar refractivity (Wildman–Crippen MR) is 112 cm³/mol. The van der Waals surface area contributed by atoms with Gasteiger partial charge in [-0.15, -0.1) is 0 Å². The van der Waals surface area contributed by atoms with Crippen LogP contribution in [0.5, 0.6) is 0 Å². The molecule has 2 atom stereocenters. The van der Waals surface area contributed by atoms with Crippen LogP contribution >= 0.6 is 0 Å². The molecule has 0 N–H and O–H groups in total. The summed E-state index contributed by atoms with van der Waals surface area (Å²) in [7, 11) is 3.98. The summed E-state index contributed by atoms with van der Waals surface area (Å²) in [5.41, 5.74) is 3.51. The number of aryl methyl sites for hydroxylation is 1. The first-order valence-electron chi connectivity index (χ1n) is 9.33. The van der Waals surface area contributed by atoms with E-state index in [4.69, 9.17) is 0 Å². The highest BCUT2D eigenvalue weighted by atomic mass is 16.1. The van der Waals surface area contributed by atoms with Crippen LogP contribution in [0, 0.1) is 6.92 Å². The van der Waals surface area contributed by atoms with E-state index < -0.39 is 5.54 Å². The summed E-state index contributed by atoms with van der Waals surface area (Å²) >= 11 is 0. The van der Waals surface area contributed by atoms with Crippen molar-refractivity contribution in [1.29, 1.82) is 0 Å². The van der Waals surface area contributed by atoms with Crippen molar-refractivity contribution < 1.29 is 4.79 Å². The number of nitrogens with zero attached hydrogens (tertiary/aromatic N) is 1. The zero-order chi connectivity index (χ0) is 19.4. The smallest absolute Gasteiger partial charge is 0.183 e. The lowest BCUT2D eigenvalue weighted by Crippen LogP contribution is -2.53. The summed E-state index contributed by atoms with van der Waals surface area (Å²) in [5.74, 6) is 0.0459. The minimum atomic E-state index is -0.724. The molecule has 0 spiro atoms. The number of rotatable bonds is 6. The molecule has 3 aromatic rings. The van der Waals surface area contributed by atoms with Crippen molar-refractivity contribution in [3.63, 3.8) is 0 Å². The Labute approximate surface area is 162 Å². The van der Waals surface area contributed by atoms with E-state index >= 15 is 0 Å². The number of ketones is 1. The molecule has 27 heavy (non-hydrogen) atoms. The highest BCUT2D eigenvalue weighted by molar-refractivity contribution is 6.04. The molecular weight excluding hydrogens is 330 g/mol. The number of Topliss-reactive ketones (excluding diaryl/α,β-unsaturated/α-hetero) is 1. The van der Waals surface area contributed by atoms with E-state index in [1.807, 2.05) is 62.6 Å². The molecule has 0 fully saturated rings. The third kappa shape index (κ3) is 3.72. The summed E-state index contributed by atoms with van der Waals surface area (Å²) in [6.07, 6.45) is 0. The van der Waals surface area contributed by atoms with Crippen LogP contribution in [-0.4, -0.2) is 30.3 Å². The second-order valence-electron chi connectivity index (χ2n) is 7.49. The quantitative estimate of drug-likeness (QED) is 0.556. The van der Waals surface area contributed by atoms with E-state index in [-0.39, 0.29) is 11.7 Å². The van der Waals surface area contributed by atoms with E-state index in [1.54, 1.807) is 0 Å². The number of carbonyl (C=O) groups is 1. The molecule has 0 amide bonds. The maximum atomic E-state index is 13.7. The van der Waals surface area contributed by atoms with Gasteiger partial charge in [-0.2, -0.15) is 0 Å². The molecule has 2 unspecified atom stereocenters. The van der Waals surface area contributed by atoms with Gasteiger partial charge >= 0.3 is 0 Å². The van der Waals surface area contributed by atoms with Gasteiger partial charge in [-0.05, 0) is 39.1 Å². The van der Waals surface area contributed by atoms with Crippen LogP contribution in [0.15, 0.2) is 84.9 Å². The summed E-state index contributed by atoms with van der Waals surface area (Å²) < 4.78 is 0. The molecule has 0 bridgehead atoms. The van der Waals surface area contributed by atoms with Crippen LogP contribution in [0.2, 0.25) is 0 Å². The van der Waals surface area contributed by atoms with Gasteiger partial charge in [-0.3, -0.25) is 9.69 Å². The lowest BCUT2D eigenvalue weighted by Gasteiger charge is -2.42. The Kier molecular flexibility index (Phi) is 5.57. The van der Waals surface area contributed by atoms with Crippen molar-refractivity contribution in [1.82, 2.24) is 4.90 Å². The van der Waals surface area contributed by atoms with Gasteiger partial charge in [-0.25, -0.2) is 0 Å². The lowest BCUT2D eigenvalue weighted by molar-refractivity contribution is 0.0681. The van der Waals surface area contributed by atoms with Gasteiger partial charge in [0.2, 0.25) is 0 Å². The summed E-state index contributed by atoms with van der Waals surface area (Å²) in [4.78, 5) is 15.8. The van der Waals surface area contributed by atoms with Gasteiger partial charge in [0.25, 0.3) is 0 Å². The largest absolute Gasteiger partial charge is 0.296 e. The standard InChI is InChI=1S/C25H27NO/c1-19-15-17-21(18-16-19)23(20-11-7-5-8-12-20)25(2,26(3)4)24(27)22-13-9-6-10-14-22/h5-18,23H,1-4H3. The molecule has 0 saturated carbocycles. The maximum absolute atomic E-state index is 13.7. The van der Waals surface area contributed by atoms with E-state index in [9.17, 15) is 4.79 Å². The molecule has 3 rings (SSSR count). The van der Waals surface area contributed by atoms with Crippen LogP contribution in [0.3, 0.4) is 0 Å². The Bertz CT molecular complexity index is 885. The van der Waals surface area contributed by atoms with Crippen molar-refractivity contribution in [2.24, 2.45) is 0 Å². The van der Waals surface area contributed by atoms with Crippen LogP contribution in [0.4, 0.5) is 0 Å². The number of likely N-dealkylation sites (N-methyl/N-ethyl adjacent to an activating group) is 1. The van der Waals surface area contributed by atoms with Crippen molar-refractivity contribution in [2.45, 2.75) is 25.3 Å². The fraction of sp³-hybridized carbons (Fsp3) is 0.240. The van der Waals surface area contributed by atoms with Crippen molar-refractivity contribution >= 4 is 5.78 Å². The highest BCUT2D eigenvalue weighted by Gasteiger charge is 2.45. The molecular formula is C25H27NO. The first kappa shape index (κ1) is 19.1. The Morgan fingerprint density at radius 3 is 1.78 bits per heavy atom. The van der Waals surface area contributed by atoms with Crippen LogP contribution in [0.1, 0.15) is 39.9 Å². The average Bonchev–Trinajstić information content (AvgIpc) is 2.70. The summed E-state index contributed by atoms with van der Waals surface area (Å²) in [6.45, 7) is 4.14. The zero-order valence-corrected chi connectivity index (χ0v) is 16.5. The second kappa shape index (κ2) is 7.89. The maximum Gasteiger partial charge on any atom is 0.183 e. The Hall–Kier alpha value is -2.71. The van der Waals surface area contributed by atoms with Crippen LogP contribution < -0.4 is 0 Å². The lowest BCUT2D eigenvalue weighted by atomic mass is 9.71. The molecule has 0 aliphatic rings. The zero-order valence-electron chi connectivity index (χ0n) is 16.5. The minimum absolute atomic E-state index is 0.0815. The molecule has 0 aromatic heterocycles. The van der Waals surface area contributed by atoms with Crippen molar-refractivity contribution in [2.75, 3.05) is 14.1 Å². The van der Waals surface area contributed by atoms with E-state index in [0.29, 0.717) is 0 Å². The third-order valence-electron chi connectivity index (χ3n) is 5.53. The molecule has 0 heterocycles. The number of hydrogen-bond donors (Lipinski definition) is 0. The monoisotopic (exact) mass is 357 g/mol. The minimum Gasteiger partial charge on any atom is -0.296 e. The van der Waals surface area contributed by atoms with Crippen LogP contribution in [0.25, 0.3) is 0 Å². The summed E-state index contributed by atoms with van der Waals surface area (Å²) in [5, 5.41) is 0. The van der Waals surface area contributed by atoms with Gasteiger partial charge in [-0.1, -0.05) is 90.5 Å². The molecule has 0 radical (unpaired) electrons. The number of carbonyl (C=O) groups excluding carboxylic acids is 1. The van der Waals surface area contributed by atoms with Crippen molar-refractivity contribution in [3.05, 3.63) is 107 Å². The summed E-state index contributed by atoms with van der Waals surface area (Å²) in [6, 6.07) is 28.5. The molecule has 0 saturated heterocycles. The van der Waals surface area contributed by atoms with Gasteiger partial charge in [0.05, 0.1) is 5.54 Å². The van der Waals surface area contributed by atoms with Gasteiger partial charge in [0.15, 0.2) is 5.78 Å². The molecule has 3 aromatic carbocycles. The Balaban J connectivity index is 2.20. The molecule has 2 heteroatoms. The van der Waals surface area contributed by atoms with Gasteiger partial charge in [0.1, 0.15) is 0 Å². The van der Waals surface area contributed by atoms with Gasteiger partial charge in [0, 0.05) is 11.5 Å². The molecule has 2 nitrogen and oxygen atoms in total. The highest BCUT2D eigenvalue weighted by Crippen LogP contribution is 2.40. The van der Waals surface area contributed by atoms with E-state index in [1.165, 1.54) is 5.56 Å². The van der Waals surface area contributed by atoms with Crippen LogP contribution in [-0.2, 0) is 0 Å². The number of hydrogen-bond acceptors (Lipinski definition) is 2. The Morgan fingerprint density at radius 2 is 1.26 bits per heavy atom. The van der Waals surface area contributed by atoms with E-state index in [0.717, 1.165) is 16.7 Å². The fourth-order valence-corrected chi connectivity index (χ4v) is 3.72. The van der Waals surface area contributed by atoms with E-state index in [2.05, 4.69) is 55.1 Å². The fourth-order valence-electron chi connectivity index (χ4n) is 3.72.